The van der Waals surface area contributed by atoms with Gasteiger partial charge in [-0.25, -0.2) is 0 Å². The van der Waals surface area contributed by atoms with Crippen LogP contribution >= 0.6 is 0 Å². The molecule has 1 N–H and O–H groups in total. The van der Waals surface area contributed by atoms with Gasteiger partial charge in [0.15, 0.2) is 0 Å². The minimum absolute atomic E-state index is 0.0227. The fraction of sp³-hybridized carbons (Fsp3) is 0.583. The minimum Gasteiger partial charge on any atom is -0.393 e. The molecule has 0 atom stereocenters. The molecule has 1 fully saturated rings. The third kappa shape index (κ3) is 3.88. The van der Waals surface area contributed by atoms with Gasteiger partial charge in [-0.15, -0.1) is 0 Å². The summed E-state index contributed by atoms with van der Waals surface area (Å²) in [6.45, 7) is 2.66. The van der Waals surface area contributed by atoms with Gasteiger partial charge < -0.3 is 10.0 Å². The van der Waals surface area contributed by atoms with Crippen molar-refractivity contribution in [2.45, 2.75) is 25.9 Å². The fourth-order valence-electron chi connectivity index (χ4n) is 1.70. The second-order valence-corrected chi connectivity index (χ2v) is 4.09. The van der Waals surface area contributed by atoms with Crippen LogP contribution < -0.4 is 0 Å². The Morgan fingerprint density at radius 2 is 2.13 bits per heavy atom. The van der Waals surface area contributed by atoms with Crippen LogP contribution in [0.25, 0.3) is 0 Å². The largest absolute Gasteiger partial charge is 0.393 e. The molecule has 0 spiro atoms. The van der Waals surface area contributed by atoms with Crippen LogP contribution in [0.15, 0.2) is 24.3 Å². The number of nitrogens with zero attached hydrogens (tertiary/aromatic N) is 1. The van der Waals surface area contributed by atoms with Gasteiger partial charge in [0, 0.05) is 19.7 Å². The number of aliphatic hydroxyl groups is 1. The standard InChI is InChI=1S/C12H19NO2/c1-3-4-5-6-12(15)13(2)9-10-7-11(14)8-10/h3-6,10-11,14H,7-9H2,1-2H3. The van der Waals surface area contributed by atoms with Crippen molar-refractivity contribution in [3.05, 3.63) is 24.3 Å². The second-order valence-electron chi connectivity index (χ2n) is 4.09. The van der Waals surface area contributed by atoms with Crippen LogP contribution in [0, 0.1) is 5.92 Å². The van der Waals surface area contributed by atoms with E-state index in [2.05, 4.69) is 0 Å². The van der Waals surface area contributed by atoms with Crippen molar-refractivity contribution in [1.82, 2.24) is 4.90 Å². The molecule has 0 unspecified atom stereocenters. The molecule has 3 nitrogen and oxygen atoms in total. The zero-order valence-corrected chi connectivity index (χ0v) is 9.39. The van der Waals surface area contributed by atoms with Crippen molar-refractivity contribution < 1.29 is 9.90 Å². The molecule has 3 heteroatoms. The maximum absolute atomic E-state index is 11.5. The monoisotopic (exact) mass is 209 g/mol. The Hall–Kier alpha value is -1.09. The Labute approximate surface area is 91.1 Å². The fourth-order valence-corrected chi connectivity index (χ4v) is 1.70. The number of amides is 1. The van der Waals surface area contributed by atoms with Crippen molar-refractivity contribution in [2.75, 3.05) is 13.6 Å². The zero-order chi connectivity index (χ0) is 11.3. The maximum Gasteiger partial charge on any atom is 0.246 e. The van der Waals surface area contributed by atoms with E-state index in [-0.39, 0.29) is 12.0 Å². The highest BCUT2D eigenvalue weighted by Crippen LogP contribution is 2.27. The van der Waals surface area contributed by atoms with Crippen molar-refractivity contribution >= 4 is 5.91 Å². The highest BCUT2D eigenvalue weighted by atomic mass is 16.3. The number of hydrogen-bond acceptors (Lipinski definition) is 2. The lowest BCUT2D eigenvalue weighted by Gasteiger charge is -2.34. The molecule has 0 bridgehead atoms. The summed E-state index contributed by atoms with van der Waals surface area (Å²) in [6.07, 6.45) is 8.54. The van der Waals surface area contributed by atoms with E-state index in [1.54, 1.807) is 24.1 Å². The first-order valence-electron chi connectivity index (χ1n) is 5.36. The van der Waals surface area contributed by atoms with Crippen LogP contribution in [0.4, 0.5) is 0 Å². The number of aliphatic hydroxyl groups excluding tert-OH is 1. The molecule has 1 saturated carbocycles. The van der Waals surface area contributed by atoms with Gasteiger partial charge in [0.25, 0.3) is 0 Å². The highest BCUT2D eigenvalue weighted by Gasteiger charge is 2.28. The van der Waals surface area contributed by atoms with E-state index in [9.17, 15) is 4.79 Å². The molecule has 15 heavy (non-hydrogen) atoms. The minimum atomic E-state index is -0.142. The number of likely N-dealkylation sites (N-methyl/N-ethyl adjacent to an activating group) is 1. The molecule has 0 radical (unpaired) electrons. The van der Waals surface area contributed by atoms with E-state index < -0.39 is 0 Å². The van der Waals surface area contributed by atoms with Crippen molar-refractivity contribution in [2.24, 2.45) is 5.92 Å². The van der Waals surface area contributed by atoms with Gasteiger partial charge in [0.1, 0.15) is 0 Å². The molecule has 1 aliphatic rings. The summed E-state index contributed by atoms with van der Waals surface area (Å²) < 4.78 is 0. The van der Waals surface area contributed by atoms with E-state index >= 15 is 0 Å². The first kappa shape index (κ1) is 12.0. The third-order valence-electron chi connectivity index (χ3n) is 2.66. The second kappa shape index (κ2) is 5.71. The molecule has 0 aromatic carbocycles. The molecule has 0 aliphatic heterocycles. The van der Waals surface area contributed by atoms with Gasteiger partial charge in [0.05, 0.1) is 6.10 Å². The Morgan fingerprint density at radius 3 is 2.67 bits per heavy atom. The molecular formula is C12H19NO2. The van der Waals surface area contributed by atoms with Gasteiger partial charge in [-0.2, -0.15) is 0 Å². The Bertz CT molecular complexity index is 265. The summed E-state index contributed by atoms with van der Waals surface area (Å²) in [7, 11) is 1.80. The molecule has 0 aromatic heterocycles. The Kier molecular flexibility index (Phi) is 4.56. The molecule has 1 rings (SSSR count). The Balaban J connectivity index is 2.27. The summed E-state index contributed by atoms with van der Waals surface area (Å²) in [6, 6.07) is 0. The number of carbonyl (C=O) groups excluding carboxylic acids is 1. The topological polar surface area (TPSA) is 40.5 Å². The summed E-state index contributed by atoms with van der Waals surface area (Å²) in [5.74, 6) is 0.499. The quantitative estimate of drug-likeness (QED) is 0.561. The van der Waals surface area contributed by atoms with Crippen molar-refractivity contribution in [3.63, 3.8) is 0 Å². The van der Waals surface area contributed by atoms with Gasteiger partial charge in [0.2, 0.25) is 5.91 Å². The Morgan fingerprint density at radius 1 is 1.47 bits per heavy atom. The molecule has 84 valence electrons. The predicted molar refractivity (Wildman–Crippen MR) is 60.3 cm³/mol. The van der Waals surface area contributed by atoms with Crippen LogP contribution in [0.1, 0.15) is 19.8 Å². The average Bonchev–Trinajstić information content (AvgIpc) is 2.15. The normalized spacial score (nSPS) is 25.8. The number of allylic oxidation sites excluding steroid dienone is 3. The molecule has 1 amide bonds. The van der Waals surface area contributed by atoms with E-state index in [1.165, 1.54) is 0 Å². The van der Waals surface area contributed by atoms with Crippen molar-refractivity contribution in [3.8, 4) is 0 Å². The van der Waals surface area contributed by atoms with Crippen molar-refractivity contribution in [1.29, 1.82) is 0 Å². The van der Waals surface area contributed by atoms with Crippen LogP contribution in [0.5, 0.6) is 0 Å². The highest BCUT2D eigenvalue weighted by molar-refractivity contribution is 5.87. The first-order valence-corrected chi connectivity index (χ1v) is 5.36. The van der Waals surface area contributed by atoms with Crippen LogP contribution in [-0.4, -0.2) is 35.6 Å². The summed E-state index contributed by atoms with van der Waals surface area (Å²) >= 11 is 0. The summed E-state index contributed by atoms with van der Waals surface area (Å²) in [5.41, 5.74) is 0. The molecule has 0 heterocycles. The van der Waals surface area contributed by atoms with E-state index in [1.807, 2.05) is 19.1 Å². The molecule has 1 aliphatic carbocycles. The lowest BCUT2D eigenvalue weighted by atomic mass is 9.82. The molecular weight excluding hydrogens is 190 g/mol. The smallest absolute Gasteiger partial charge is 0.246 e. The SMILES string of the molecule is CC=CC=CC(=O)N(C)CC1CC(O)C1. The summed E-state index contributed by atoms with van der Waals surface area (Å²) in [5, 5.41) is 9.12. The number of hydrogen-bond donors (Lipinski definition) is 1. The molecule has 0 aromatic rings. The maximum atomic E-state index is 11.5. The number of rotatable bonds is 4. The van der Waals surface area contributed by atoms with Gasteiger partial charge in [-0.1, -0.05) is 18.2 Å². The first-order chi connectivity index (χ1) is 7.13. The lowest BCUT2D eigenvalue weighted by molar-refractivity contribution is -0.126. The number of carbonyl (C=O) groups is 1. The van der Waals surface area contributed by atoms with Crippen LogP contribution in [-0.2, 0) is 4.79 Å². The predicted octanol–water partition coefficient (Wildman–Crippen LogP) is 1.35. The van der Waals surface area contributed by atoms with Gasteiger partial charge >= 0.3 is 0 Å². The van der Waals surface area contributed by atoms with E-state index in [0.29, 0.717) is 5.92 Å². The lowest BCUT2D eigenvalue weighted by Crippen LogP contribution is -2.38. The van der Waals surface area contributed by atoms with E-state index in [0.717, 1.165) is 19.4 Å². The summed E-state index contributed by atoms with van der Waals surface area (Å²) in [4.78, 5) is 13.2. The van der Waals surface area contributed by atoms with Crippen LogP contribution in [0.3, 0.4) is 0 Å². The third-order valence-corrected chi connectivity index (χ3v) is 2.66. The van der Waals surface area contributed by atoms with Crippen LogP contribution in [0.2, 0.25) is 0 Å². The molecule has 0 saturated heterocycles. The van der Waals surface area contributed by atoms with E-state index in [4.69, 9.17) is 5.11 Å². The van der Waals surface area contributed by atoms with Gasteiger partial charge in [-0.3, -0.25) is 4.79 Å². The van der Waals surface area contributed by atoms with Gasteiger partial charge in [-0.05, 0) is 25.7 Å². The zero-order valence-electron chi connectivity index (χ0n) is 9.39. The average molecular weight is 209 g/mol.